The van der Waals surface area contributed by atoms with Crippen LogP contribution in [0.5, 0.6) is 0 Å². The molecule has 1 rings (SSSR count). The lowest BCUT2D eigenvalue weighted by Gasteiger charge is -2.41. The lowest BCUT2D eigenvalue weighted by molar-refractivity contribution is -0.132. The van der Waals surface area contributed by atoms with Crippen LogP contribution in [0.4, 0.5) is 0 Å². The zero-order chi connectivity index (χ0) is 16.9. The molecule has 0 aliphatic heterocycles. The highest BCUT2D eigenvalue weighted by Gasteiger charge is 2.39. The van der Waals surface area contributed by atoms with Crippen LogP contribution in [0.15, 0.2) is 23.8 Å². The molecule has 0 saturated heterocycles. The maximum Gasteiger partial charge on any atom is 0.335 e. The lowest BCUT2D eigenvalue weighted by Crippen LogP contribution is -2.72. The minimum absolute atomic E-state index is 0.0300. The maximum atomic E-state index is 11.2. The van der Waals surface area contributed by atoms with Crippen LogP contribution >= 0.6 is 36.7 Å². The Bertz CT molecular complexity index is 575. The standard InChI is InChI=1S/C12H17N5O2S3/c1-6(20)14-9-5-8(10(18)19)3-4-12(9,15-7(2)21)17-16-11(13)22/h3-5,9,17H,1-2H3,(H,14,20)(H,15,21)(H,18,19)(H3,13,16,22). The molecule has 0 heterocycles. The van der Waals surface area contributed by atoms with Crippen molar-refractivity contribution in [1.29, 1.82) is 0 Å². The van der Waals surface area contributed by atoms with Crippen molar-refractivity contribution in [2.75, 3.05) is 0 Å². The topological polar surface area (TPSA) is 111 Å². The van der Waals surface area contributed by atoms with Crippen molar-refractivity contribution in [1.82, 2.24) is 21.5 Å². The first kappa shape index (κ1) is 18.4. The second kappa shape index (κ2) is 7.58. The number of carbonyl (C=O) groups is 1. The number of thiocarbonyl (C=S) groups is 3. The Labute approximate surface area is 144 Å². The van der Waals surface area contributed by atoms with E-state index in [9.17, 15) is 4.79 Å². The Hall–Kier alpha value is -1.62. The number of nitrogens with one attached hydrogen (secondary N) is 4. The SMILES string of the molecule is CC(=S)NC1C=C(C(=O)O)C=CC1(NNC(N)=S)NC(C)=S. The van der Waals surface area contributed by atoms with Gasteiger partial charge in [-0.1, -0.05) is 24.4 Å². The lowest BCUT2D eigenvalue weighted by atomic mass is 9.91. The molecule has 2 atom stereocenters. The second-order valence-electron chi connectivity index (χ2n) is 4.60. The van der Waals surface area contributed by atoms with E-state index in [2.05, 4.69) is 21.5 Å². The molecule has 0 saturated carbocycles. The summed E-state index contributed by atoms with van der Waals surface area (Å²) < 4.78 is 0. The number of hydrogen-bond donors (Lipinski definition) is 6. The Balaban J connectivity index is 3.21. The Morgan fingerprint density at radius 2 is 1.95 bits per heavy atom. The number of nitrogens with two attached hydrogens (primary N) is 1. The van der Waals surface area contributed by atoms with Crippen LogP contribution in [0, 0.1) is 0 Å². The fourth-order valence-electron chi connectivity index (χ4n) is 1.93. The molecule has 7 N–H and O–H groups in total. The van der Waals surface area contributed by atoms with Gasteiger partial charge in [-0.05, 0) is 44.3 Å². The second-order valence-corrected chi connectivity index (χ2v) is 6.27. The summed E-state index contributed by atoms with van der Waals surface area (Å²) in [6.07, 6.45) is 4.60. The van der Waals surface area contributed by atoms with Crippen molar-refractivity contribution < 1.29 is 9.90 Å². The summed E-state index contributed by atoms with van der Waals surface area (Å²) in [4.78, 5) is 12.2. The number of hydrazine groups is 1. The van der Waals surface area contributed by atoms with Crippen LogP contribution < -0.4 is 27.2 Å². The highest BCUT2D eigenvalue weighted by molar-refractivity contribution is 7.80. The van der Waals surface area contributed by atoms with Crippen LogP contribution in [0.1, 0.15) is 13.8 Å². The molecular formula is C12H17N5O2S3. The van der Waals surface area contributed by atoms with E-state index in [0.29, 0.717) is 9.98 Å². The van der Waals surface area contributed by atoms with Crippen LogP contribution in [0.3, 0.4) is 0 Å². The zero-order valence-electron chi connectivity index (χ0n) is 12.0. The summed E-state index contributed by atoms with van der Waals surface area (Å²) in [5.41, 5.74) is 10.1. The third-order valence-corrected chi connectivity index (χ3v) is 3.07. The Morgan fingerprint density at radius 1 is 1.32 bits per heavy atom. The maximum absolute atomic E-state index is 11.2. The monoisotopic (exact) mass is 359 g/mol. The van der Waals surface area contributed by atoms with Gasteiger partial charge in [0.15, 0.2) is 5.11 Å². The summed E-state index contributed by atoms with van der Waals surface area (Å²) in [6, 6.07) is -0.541. The van der Waals surface area contributed by atoms with E-state index in [1.807, 2.05) is 0 Å². The van der Waals surface area contributed by atoms with Gasteiger partial charge in [0.05, 0.1) is 21.6 Å². The van der Waals surface area contributed by atoms with Crippen LogP contribution in [-0.2, 0) is 4.79 Å². The van der Waals surface area contributed by atoms with Gasteiger partial charge in [-0.3, -0.25) is 5.43 Å². The molecule has 0 fully saturated rings. The molecule has 0 radical (unpaired) electrons. The van der Waals surface area contributed by atoms with Gasteiger partial charge in [0.2, 0.25) is 0 Å². The van der Waals surface area contributed by atoms with E-state index < -0.39 is 17.7 Å². The first-order valence-electron chi connectivity index (χ1n) is 6.19. The summed E-state index contributed by atoms with van der Waals surface area (Å²) in [5.74, 6) is -1.04. The summed E-state index contributed by atoms with van der Waals surface area (Å²) in [7, 11) is 0. The van der Waals surface area contributed by atoms with Crippen LogP contribution in [0.2, 0.25) is 0 Å². The molecular weight excluding hydrogens is 342 g/mol. The predicted molar refractivity (Wildman–Crippen MR) is 97.3 cm³/mol. The smallest absolute Gasteiger partial charge is 0.335 e. The normalized spacial score (nSPS) is 23.2. The summed E-state index contributed by atoms with van der Waals surface area (Å²) >= 11 is 14.9. The fraction of sp³-hybridized carbons (Fsp3) is 0.333. The molecule has 0 amide bonds. The average molecular weight is 360 g/mol. The minimum Gasteiger partial charge on any atom is -0.478 e. The van der Waals surface area contributed by atoms with E-state index in [-0.39, 0.29) is 10.7 Å². The molecule has 120 valence electrons. The zero-order valence-corrected chi connectivity index (χ0v) is 14.4. The molecule has 7 nitrogen and oxygen atoms in total. The van der Waals surface area contributed by atoms with Gasteiger partial charge in [-0.2, -0.15) is 0 Å². The first-order valence-corrected chi connectivity index (χ1v) is 7.41. The van der Waals surface area contributed by atoms with Crippen molar-refractivity contribution >= 4 is 57.7 Å². The third kappa shape index (κ3) is 4.98. The van der Waals surface area contributed by atoms with Gasteiger partial charge in [-0.25, -0.2) is 10.2 Å². The van der Waals surface area contributed by atoms with Crippen molar-refractivity contribution in [2.24, 2.45) is 5.73 Å². The molecule has 2 unspecified atom stereocenters. The molecule has 22 heavy (non-hydrogen) atoms. The quantitative estimate of drug-likeness (QED) is 0.225. The van der Waals surface area contributed by atoms with Gasteiger partial charge in [-0.15, -0.1) is 0 Å². The predicted octanol–water partition coefficient (Wildman–Crippen LogP) is -0.156. The van der Waals surface area contributed by atoms with E-state index in [1.165, 1.54) is 12.2 Å². The average Bonchev–Trinajstić information content (AvgIpc) is 2.37. The highest BCUT2D eigenvalue weighted by Crippen LogP contribution is 2.20. The van der Waals surface area contributed by atoms with Gasteiger partial charge in [0, 0.05) is 0 Å². The van der Waals surface area contributed by atoms with Crippen molar-refractivity contribution in [3.05, 3.63) is 23.8 Å². The molecule has 1 aliphatic rings. The van der Waals surface area contributed by atoms with Gasteiger partial charge < -0.3 is 21.5 Å². The largest absolute Gasteiger partial charge is 0.478 e. The number of carboxylic acid groups (broad SMARTS) is 1. The minimum atomic E-state index is -1.04. The fourth-order valence-corrected chi connectivity index (χ4v) is 2.28. The molecule has 1 aliphatic carbocycles. The number of carboxylic acids is 1. The van der Waals surface area contributed by atoms with Crippen molar-refractivity contribution in [2.45, 2.75) is 25.6 Å². The van der Waals surface area contributed by atoms with Crippen LogP contribution in [0.25, 0.3) is 0 Å². The number of rotatable bonds is 5. The number of hydrogen-bond acceptors (Lipinski definition) is 5. The molecule has 0 aromatic rings. The number of aliphatic carboxylic acids is 1. The highest BCUT2D eigenvalue weighted by atomic mass is 32.1. The molecule has 0 spiro atoms. The van der Waals surface area contributed by atoms with E-state index in [4.69, 9.17) is 47.5 Å². The molecule has 0 bridgehead atoms. The Kier molecular flexibility index (Phi) is 6.35. The van der Waals surface area contributed by atoms with E-state index in [1.54, 1.807) is 19.9 Å². The molecule has 0 aromatic carbocycles. The summed E-state index contributed by atoms with van der Waals surface area (Å²) in [6.45, 7) is 3.39. The summed E-state index contributed by atoms with van der Waals surface area (Å²) in [5, 5.41) is 15.3. The molecule has 10 heteroatoms. The first-order chi connectivity index (χ1) is 10.2. The van der Waals surface area contributed by atoms with Crippen molar-refractivity contribution in [3.8, 4) is 0 Å². The molecule has 0 aromatic heterocycles. The van der Waals surface area contributed by atoms with Gasteiger partial charge in [0.1, 0.15) is 5.66 Å². The van der Waals surface area contributed by atoms with E-state index in [0.717, 1.165) is 0 Å². The third-order valence-electron chi connectivity index (χ3n) is 2.74. The van der Waals surface area contributed by atoms with Crippen LogP contribution in [-0.4, -0.2) is 37.9 Å². The van der Waals surface area contributed by atoms with Crippen molar-refractivity contribution in [3.63, 3.8) is 0 Å². The van der Waals surface area contributed by atoms with E-state index >= 15 is 0 Å². The van der Waals surface area contributed by atoms with Gasteiger partial charge in [0.25, 0.3) is 0 Å². The van der Waals surface area contributed by atoms with Gasteiger partial charge >= 0.3 is 5.97 Å². The Morgan fingerprint density at radius 3 is 2.41 bits per heavy atom.